The molecule has 2 saturated carbocycles. The predicted octanol–water partition coefficient (Wildman–Crippen LogP) is 1.21. The van der Waals surface area contributed by atoms with Crippen LogP contribution in [0.1, 0.15) is 19.3 Å². The number of hydrogen-bond acceptors (Lipinski definition) is 1. The summed E-state index contributed by atoms with van der Waals surface area (Å²) in [5.74, 6) is -0.942. The molecule has 10 heavy (non-hydrogen) atoms. The third-order valence-corrected chi connectivity index (χ3v) is 2.86. The topological polar surface area (TPSA) is 37.3 Å². The van der Waals surface area contributed by atoms with Gasteiger partial charge in [0.25, 0.3) is 0 Å². The molecular formula is C7H9FO2. The average molecular weight is 144 g/mol. The van der Waals surface area contributed by atoms with Gasteiger partial charge in [-0.05, 0) is 19.3 Å². The molecule has 0 bridgehead atoms. The van der Waals surface area contributed by atoms with Gasteiger partial charge >= 0.3 is 5.97 Å². The number of alkyl halides is 1. The van der Waals surface area contributed by atoms with Crippen LogP contribution in [0.4, 0.5) is 4.39 Å². The Kier molecular flexibility index (Phi) is 0.932. The Morgan fingerprint density at radius 3 is 2.60 bits per heavy atom. The Morgan fingerprint density at radius 1 is 1.70 bits per heavy atom. The second kappa shape index (κ2) is 1.52. The Bertz CT molecular complexity index is 192. The molecule has 56 valence electrons. The van der Waals surface area contributed by atoms with Gasteiger partial charge in [0, 0.05) is 5.92 Å². The molecule has 2 aliphatic carbocycles. The van der Waals surface area contributed by atoms with Gasteiger partial charge in [-0.3, -0.25) is 4.79 Å². The van der Waals surface area contributed by atoms with Crippen LogP contribution in [0.2, 0.25) is 0 Å². The number of carboxylic acid groups (broad SMARTS) is 1. The summed E-state index contributed by atoms with van der Waals surface area (Å²) in [5.41, 5.74) is -0.626. The summed E-state index contributed by atoms with van der Waals surface area (Å²) in [6.07, 6.45) is 0.741. The summed E-state index contributed by atoms with van der Waals surface area (Å²) in [4.78, 5) is 10.5. The van der Waals surface area contributed by atoms with Gasteiger partial charge in [-0.25, -0.2) is 4.39 Å². The number of aliphatic carboxylic acids is 1. The fraction of sp³-hybridized carbons (Fsp3) is 0.857. The van der Waals surface area contributed by atoms with Gasteiger partial charge in [-0.2, -0.15) is 0 Å². The Balaban J connectivity index is 2.18. The van der Waals surface area contributed by atoms with E-state index in [-0.39, 0.29) is 5.92 Å². The fourth-order valence-corrected chi connectivity index (χ4v) is 2.04. The summed E-state index contributed by atoms with van der Waals surface area (Å²) in [6.45, 7) is 0. The third kappa shape index (κ3) is 0.509. The van der Waals surface area contributed by atoms with Crippen molar-refractivity contribution >= 4 is 5.97 Å². The zero-order chi connectivity index (χ0) is 7.35. The van der Waals surface area contributed by atoms with Gasteiger partial charge in [0.1, 0.15) is 6.17 Å². The van der Waals surface area contributed by atoms with Crippen molar-refractivity contribution in [1.82, 2.24) is 0 Å². The van der Waals surface area contributed by atoms with E-state index in [0.717, 1.165) is 0 Å². The third-order valence-electron chi connectivity index (χ3n) is 2.86. The monoisotopic (exact) mass is 144 g/mol. The van der Waals surface area contributed by atoms with E-state index in [1.54, 1.807) is 0 Å². The molecule has 1 N–H and O–H groups in total. The minimum atomic E-state index is -0.837. The van der Waals surface area contributed by atoms with E-state index in [2.05, 4.69) is 0 Å². The zero-order valence-corrected chi connectivity index (χ0v) is 5.51. The molecular weight excluding hydrogens is 135 g/mol. The minimum Gasteiger partial charge on any atom is -0.481 e. The van der Waals surface area contributed by atoms with Gasteiger partial charge in [0.15, 0.2) is 0 Å². The van der Waals surface area contributed by atoms with Gasteiger partial charge < -0.3 is 5.11 Å². The molecule has 0 radical (unpaired) electrons. The number of fused-ring (bicyclic) bond motifs is 1. The molecule has 3 atom stereocenters. The van der Waals surface area contributed by atoms with Gasteiger partial charge in [-0.15, -0.1) is 0 Å². The standard InChI is InChI=1S/C7H9FO2/c8-5-1-2-7(6(9)10)3-4(5)7/h4-5H,1-3H2,(H,9,10). The summed E-state index contributed by atoms with van der Waals surface area (Å²) in [5, 5.41) is 8.67. The van der Waals surface area contributed by atoms with Gasteiger partial charge in [-0.1, -0.05) is 0 Å². The highest BCUT2D eigenvalue weighted by Gasteiger charge is 2.67. The van der Waals surface area contributed by atoms with Crippen LogP contribution in [0.15, 0.2) is 0 Å². The molecule has 0 aromatic heterocycles. The number of carboxylic acids is 1. The Hall–Kier alpha value is -0.600. The molecule has 0 spiro atoms. The van der Waals surface area contributed by atoms with Crippen molar-refractivity contribution < 1.29 is 14.3 Å². The van der Waals surface area contributed by atoms with Crippen molar-refractivity contribution in [3.8, 4) is 0 Å². The maximum absolute atomic E-state index is 12.7. The van der Waals surface area contributed by atoms with E-state index in [4.69, 9.17) is 5.11 Å². The second-order valence-corrected chi connectivity index (χ2v) is 3.33. The summed E-state index contributed by atoms with van der Waals surface area (Å²) in [7, 11) is 0. The van der Waals surface area contributed by atoms with Crippen LogP contribution in [-0.2, 0) is 4.79 Å². The molecule has 0 aromatic rings. The average Bonchev–Trinajstić information content (AvgIpc) is 2.52. The van der Waals surface area contributed by atoms with Crippen LogP contribution in [0.25, 0.3) is 0 Å². The fourth-order valence-electron chi connectivity index (χ4n) is 2.04. The molecule has 0 saturated heterocycles. The molecule has 2 fully saturated rings. The van der Waals surface area contributed by atoms with Gasteiger partial charge in [0.2, 0.25) is 0 Å². The van der Waals surface area contributed by atoms with Crippen molar-refractivity contribution in [3.05, 3.63) is 0 Å². The lowest BCUT2D eigenvalue weighted by Gasteiger charge is -2.00. The van der Waals surface area contributed by atoms with Crippen LogP contribution in [-0.4, -0.2) is 17.2 Å². The summed E-state index contributed by atoms with van der Waals surface area (Å²) < 4.78 is 12.7. The molecule has 3 heteroatoms. The first kappa shape index (κ1) is 6.13. The quantitative estimate of drug-likeness (QED) is 0.600. The van der Waals surface area contributed by atoms with Crippen molar-refractivity contribution in [2.24, 2.45) is 11.3 Å². The Morgan fingerprint density at radius 2 is 2.40 bits per heavy atom. The van der Waals surface area contributed by atoms with E-state index >= 15 is 0 Å². The smallest absolute Gasteiger partial charge is 0.310 e. The Labute approximate surface area is 58.0 Å². The van der Waals surface area contributed by atoms with Crippen molar-refractivity contribution in [2.75, 3.05) is 0 Å². The van der Waals surface area contributed by atoms with E-state index in [9.17, 15) is 9.18 Å². The highest BCUT2D eigenvalue weighted by atomic mass is 19.1. The van der Waals surface area contributed by atoms with E-state index in [1.165, 1.54) is 0 Å². The maximum atomic E-state index is 12.7. The number of hydrogen-bond donors (Lipinski definition) is 1. The van der Waals surface area contributed by atoms with Crippen molar-refractivity contribution in [3.63, 3.8) is 0 Å². The van der Waals surface area contributed by atoms with Crippen molar-refractivity contribution in [1.29, 1.82) is 0 Å². The van der Waals surface area contributed by atoms with E-state index < -0.39 is 17.6 Å². The SMILES string of the molecule is O=C(O)C12CCC(F)C1C2. The normalized spacial score (nSPS) is 50.5. The van der Waals surface area contributed by atoms with Crippen LogP contribution >= 0.6 is 0 Å². The summed E-state index contributed by atoms with van der Waals surface area (Å²) >= 11 is 0. The number of carbonyl (C=O) groups is 1. The van der Waals surface area contributed by atoms with Crippen molar-refractivity contribution in [2.45, 2.75) is 25.4 Å². The molecule has 0 heterocycles. The van der Waals surface area contributed by atoms with E-state index in [1.807, 2.05) is 0 Å². The zero-order valence-electron chi connectivity index (χ0n) is 5.51. The van der Waals surface area contributed by atoms with Crippen LogP contribution < -0.4 is 0 Å². The molecule has 2 rings (SSSR count). The molecule has 2 aliphatic rings. The van der Waals surface area contributed by atoms with Crippen LogP contribution in [0.5, 0.6) is 0 Å². The molecule has 3 unspecified atom stereocenters. The lowest BCUT2D eigenvalue weighted by Crippen LogP contribution is -2.13. The first-order valence-corrected chi connectivity index (χ1v) is 3.54. The highest BCUT2D eigenvalue weighted by molar-refractivity contribution is 5.79. The maximum Gasteiger partial charge on any atom is 0.310 e. The first-order valence-electron chi connectivity index (χ1n) is 3.54. The summed E-state index contributed by atoms with van der Waals surface area (Å²) in [6, 6.07) is 0. The molecule has 0 aliphatic heterocycles. The number of rotatable bonds is 1. The largest absolute Gasteiger partial charge is 0.481 e. The first-order chi connectivity index (χ1) is 4.67. The second-order valence-electron chi connectivity index (χ2n) is 3.33. The minimum absolute atomic E-state index is 0.148. The van der Waals surface area contributed by atoms with Crippen LogP contribution in [0, 0.1) is 11.3 Å². The highest BCUT2D eigenvalue weighted by Crippen LogP contribution is 2.64. The lowest BCUT2D eigenvalue weighted by molar-refractivity contribution is -0.143. The lowest BCUT2D eigenvalue weighted by atomic mass is 10.1. The molecule has 2 nitrogen and oxygen atoms in total. The number of halogens is 1. The van der Waals surface area contributed by atoms with Crippen LogP contribution in [0.3, 0.4) is 0 Å². The molecule has 0 aromatic carbocycles. The molecule has 0 amide bonds. The van der Waals surface area contributed by atoms with E-state index in [0.29, 0.717) is 19.3 Å². The predicted molar refractivity (Wildman–Crippen MR) is 32.3 cm³/mol. The van der Waals surface area contributed by atoms with Gasteiger partial charge in [0.05, 0.1) is 5.41 Å².